The number of nitrogens with two attached hydrogens (primary N) is 1. The number of fused-ring (bicyclic) bond motifs is 14. The van der Waals surface area contributed by atoms with Gasteiger partial charge in [0.1, 0.15) is 12.0 Å². The van der Waals surface area contributed by atoms with Crippen LogP contribution in [0, 0.1) is 147 Å². The summed E-state index contributed by atoms with van der Waals surface area (Å²) < 4.78 is 179. The molecule has 21 atom stereocenters. The topological polar surface area (TPSA) is 282 Å². The number of aliphatic carboxylic acids is 1. The van der Waals surface area contributed by atoms with Gasteiger partial charge in [0.05, 0.1) is 24.8 Å². The second-order valence-electron chi connectivity index (χ2n) is 27.0. The molecule has 0 amide bonds. The quantitative estimate of drug-likeness (QED) is 0.0113. The maximum Gasteiger partial charge on any atom is 1.00 e. The molecule has 5 N–H and O–H groups in total. The van der Waals surface area contributed by atoms with E-state index in [9.17, 15) is 69.6 Å². The van der Waals surface area contributed by atoms with Crippen LogP contribution in [0.2, 0.25) is 0 Å². The fourth-order valence-electron chi connectivity index (χ4n) is 16.1. The van der Waals surface area contributed by atoms with Gasteiger partial charge in [0.15, 0.2) is 34.7 Å². The van der Waals surface area contributed by atoms with Crippen LogP contribution in [0.15, 0.2) is 85.1 Å². The second kappa shape index (κ2) is 53.6. The van der Waals surface area contributed by atoms with Gasteiger partial charge >= 0.3 is 151 Å². The summed E-state index contributed by atoms with van der Waals surface area (Å²) in [6.07, 6.45) is 52.4. The number of alkyl halides is 10. The normalized spacial score (nSPS) is 32.0. The maximum absolute atomic E-state index is 12.0. The zero-order chi connectivity index (χ0) is 70.1. The number of allylic oxidation sites excluding steroid dienone is 14. The molecular formula is C67H107Al2Br2F9KLi3N4O13S4. The molecule has 17 nitrogen and oxygen atoms in total. The van der Waals surface area contributed by atoms with Crippen molar-refractivity contribution in [3.63, 3.8) is 0 Å². The SMILES string of the molecule is BrCC1CC2C=CC1C2.C.C.C.CS(=O)(=O)OCC1CC2C=CC1C2.N#CCC1CC2C=CC1C2.NCCC1CC2C=CC1C2.O=C(O)C1CC2C=CC1C2.O=S(=O)(NCCC1CC2C=CC1C2)C(F)(F)F.O=S(=O)(OOOSC(F)(F)F)C(F)(F)F.OCC1CC2C=CC1C2.[AlH3].[AlH3].[Br-].[C-]#N.[H-].[H-].[K+].[Li+].[Li+].[Li+]. The van der Waals surface area contributed by atoms with Crippen LogP contribution in [0.5, 0.6) is 0 Å². The molecule has 14 rings (SSSR count). The van der Waals surface area contributed by atoms with Gasteiger partial charge in [-0.15, -0.1) is 4.33 Å². The molecule has 14 bridgehead atoms. The Hall–Kier alpha value is 1.37. The number of carboxylic acid groups (broad SMARTS) is 1. The number of carboxylic acids is 1. The standard InChI is InChI=1S/C10H14F3NO2S.C9H15N.C9H11N.C9H14O3S.C8H11Br.C8H10O2.C8H12O.C2F6O5S2.CN.3CH4.2Al.BrH.K.3Li.8H/c11-10(12,13)17(15,16)14-4-3-9-6-7-1-2-8(9)5-7;2*10-4-3-9-6-7-1-2-8(9)5-7;1-13(10,11)12-6-9-5-7-2-3-8(9)4-7;9-5-8-4-6-1-2-7(8)3-6;9-8(10)7-4-5-1-2-6(7)3-5;9-5-8-4-6-1-2-7(8)3-6;3-1(4,5)14-12-11-13-15(9,10)2(6,7)8;1-2;;;;;;;;;;;;;;;;;;/h1-2,7-9,14H,3-6H2;1-2,7-9H,3-6,10H2;1-2,7-9H,3,5-6H2;2-3,7-9H,4-6H2,1H3;1-2,6-8H,3-5H2;1-2,5-7H,3-4H2,(H,9,10);1-2,6-9H,3-5H2;;;3*1H4;;;1H;;;;;;;;;;;;/q;;;;;;;;-1;;;;;;;4*+1;;;;;;;2*-1/p-1. The zero-order valence-corrected chi connectivity index (χ0v) is 66.5. The van der Waals surface area contributed by atoms with Crippen LogP contribution in [0.25, 0.3) is 0 Å². The summed E-state index contributed by atoms with van der Waals surface area (Å²) in [6.45, 7) is 6.25. The number of hydrogen-bond donors (Lipinski definition) is 4. The van der Waals surface area contributed by atoms with E-state index in [1.165, 1.54) is 69.5 Å². The molecule has 0 aromatic carbocycles. The second-order valence-corrected chi connectivity index (χ2v) is 33.3. The van der Waals surface area contributed by atoms with Crippen molar-refractivity contribution in [2.24, 2.45) is 130 Å². The number of carbonyl (C=O) groups is 1. The number of nitrogens with one attached hydrogen (secondary N) is 1. The Bertz CT molecular complexity index is 3160. The molecule has 0 spiro atoms. The molecule has 0 aromatic heterocycles. The van der Waals surface area contributed by atoms with Crippen molar-refractivity contribution in [3.05, 3.63) is 91.6 Å². The first kappa shape index (κ1) is 115. The zero-order valence-electron chi connectivity index (χ0n) is 58.9. The van der Waals surface area contributed by atoms with E-state index in [1.807, 2.05) is 0 Å². The van der Waals surface area contributed by atoms with E-state index in [0.717, 1.165) is 111 Å². The molecule has 7 saturated carbocycles. The molecule has 21 unspecified atom stereocenters. The molecule has 0 saturated heterocycles. The fraction of sp³-hybridized carbons (Fsp3) is 0.746. The minimum atomic E-state index is -6.14. The van der Waals surface area contributed by atoms with Gasteiger partial charge in [0, 0.05) is 24.9 Å². The maximum atomic E-state index is 12.0. The molecule has 14 aliphatic rings. The number of nitrogens with zero attached hydrogens (tertiary/aromatic N) is 2. The van der Waals surface area contributed by atoms with Crippen LogP contribution >= 0.6 is 28.0 Å². The Morgan fingerprint density at radius 1 is 0.581 bits per heavy atom. The van der Waals surface area contributed by atoms with Crippen LogP contribution in [0.1, 0.15) is 134 Å². The van der Waals surface area contributed by atoms with Crippen LogP contribution in [-0.2, 0) is 52.9 Å². The molecule has 0 heterocycles. The Morgan fingerprint density at radius 3 is 1.17 bits per heavy atom. The predicted octanol–water partition coefficient (Wildman–Crippen LogP) is -1.30. The smallest absolute Gasteiger partial charge is 1.00 e. The van der Waals surface area contributed by atoms with Gasteiger partial charge in [-0.05, 0) is 233 Å². The minimum absolute atomic E-state index is 0. The summed E-state index contributed by atoms with van der Waals surface area (Å²) in [5, 5.41) is 36.2. The van der Waals surface area contributed by atoms with E-state index in [0.29, 0.717) is 78.8 Å². The Kier molecular flexibility index (Phi) is 58.6. The molecule has 0 aromatic rings. The molecule has 105 heavy (non-hydrogen) atoms. The van der Waals surface area contributed by atoms with E-state index >= 15 is 0 Å². The summed E-state index contributed by atoms with van der Waals surface area (Å²) in [4.78, 5) is 10.6. The van der Waals surface area contributed by atoms with E-state index in [2.05, 4.69) is 121 Å². The summed E-state index contributed by atoms with van der Waals surface area (Å²) in [7, 11) is -14.6. The van der Waals surface area contributed by atoms with Crippen molar-refractivity contribution >= 4 is 98.9 Å². The summed E-state index contributed by atoms with van der Waals surface area (Å²) in [5.41, 5.74) is -10.5. The predicted molar refractivity (Wildman–Crippen MR) is 382 cm³/mol. The van der Waals surface area contributed by atoms with Gasteiger partial charge in [-0.25, -0.2) is 13.1 Å². The van der Waals surface area contributed by atoms with Gasteiger partial charge in [-0.2, -0.15) is 61.6 Å². The molecular weight excluding hydrogens is 1640 g/mol. The first-order chi connectivity index (χ1) is 44.7. The first-order valence-electron chi connectivity index (χ1n) is 32.1. The monoisotopic (exact) mass is 1750 g/mol. The number of sulfonamides is 1. The third-order valence-electron chi connectivity index (χ3n) is 20.6. The Labute approximate surface area is 744 Å². The van der Waals surface area contributed by atoms with Gasteiger partial charge < -0.3 is 47.6 Å². The van der Waals surface area contributed by atoms with Crippen molar-refractivity contribution in [2.45, 2.75) is 148 Å². The molecule has 0 aliphatic heterocycles. The average molecular weight is 1750 g/mol. The average Bonchev–Trinajstić information content (AvgIpc) is 1.85. The van der Waals surface area contributed by atoms with Crippen molar-refractivity contribution < 1.29 is 225 Å². The summed E-state index contributed by atoms with van der Waals surface area (Å²) >= 11 is 2.15. The van der Waals surface area contributed by atoms with Crippen molar-refractivity contribution in [1.82, 2.24) is 4.72 Å². The van der Waals surface area contributed by atoms with Crippen molar-refractivity contribution in [2.75, 3.05) is 37.9 Å². The fourth-order valence-corrected chi connectivity index (χ4v) is 18.1. The number of hydrogen-bond acceptors (Lipinski definition) is 16. The van der Waals surface area contributed by atoms with Crippen molar-refractivity contribution in [1.29, 1.82) is 10.5 Å². The molecule has 0 radical (unpaired) electrons. The number of halogens is 11. The van der Waals surface area contributed by atoms with E-state index in [1.54, 1.807) is 4.72 Å². The van der Waals surface area contributed by atoms with Crippen molar-refractivity contribution in [3.8, 4) is 6.07 Å². The largest absolute Gasteiger partial charge is 1.00 e. The van der Waals surface area contributed by atoms with Crippen LogP contribution < -0.4 is 135 Å². The molecule has 584 valence electrons. The Balaban J connectivity index is -0.000000211. The van der Waals surface area contributed by atoms with E-state index in [4.69, 9.17) is 37.2 Å². The van der Waals surface area contributed by atoms with Gasteiger partial charge in [-0.1, -0.05) is 128 Å². The summed E-state index contributed by atoms with van der Waals surface area (Å²) in [5.74, 6) is 13.2. The Morgan fingerprint density at radius 2 is 0.924 bits per heavy atom. The van der Waals surface area contributed by atoms with Gasteiger partial charge in [-0.3, -0.25) is 8.98 Å². The molecule has 38 heteroatoms. The minimum Gasteiger partial charge on any atom is -1.00 e. The number of nitriles is 1. The van der Waals surface area contributed by atoms with Gasteiger partial charge in [0.2, 0.25) is 0 Å². The third kappa shape index (κ3) is 37.0. The first-order valence-corrected chi connectivity index (χ1v) is 38.7. The van der Waals surface area contributed by atoms with E-state index < -0.39 is 64.8 Å². The van der Waals surface area contributed by atoms with Crippen LogP contribution in [-0.4, -0.2) is 131 Å². The van der Waals surface area contributed by atoms with E-state index in [-0.39, 0.29) is 197 Å². The van der Waals surface area contributed by atoms with Crippen LogP contribution in [0.4, 0.5) is 39.5 Å². The van der Waals surface area contributed by atoms with Crippen LogP contribution in [0.3, 0.4) is 0 Å². The third-order valence-corrected chi connectivity index (χ3v) is 24.3. The number of rotatable bonds is 17. The molecule has 14 aliphatic carbocycles. The number of aliphatic hydroxyl groups excluding tert-OH is 1. The van der Waals surface area contributed by atoms with Gasteiger partial charge in [0.25, 0.3) is 10.1 Å². The number of aliphatic hydroxyl groups is 1. The molecule has 7 fully saturated rings. The summed E-state index contributed by atoms with van der Waals surface area (Å²) in [6, 6.07) is 2.26.